The Labute approximate surface area is 151 Å². The number of ether oxygens (including phenoxy) is 1. The zero-order valence-corrected chi connectivity index (χ0v) is 14.8. The quantitative estimate of drug-likeness (QED) is 0.467. The second-order valence-corrected chi connectivity index (χ2v) is 5.71. The third kappa shape index (κ3) is 5.30. The van der Waals surface area contributed by atoms with Gasteiger partial charge >= 0.3 is 0 Å². The number of nitrogens with zero attached hydrogens (tertiary/aromatic N) is 3. The van der Waals surface area contributed by atoms with Gasteiger partial charge in [0.1, 0.15) is 5.75 Å². The number of hydrazone groups is 1. The number of hydrogen-bond acceptors (Lipinski definition) is 6. The average molecular weight is 356 g/mol. The van der Waals surface area contributed by atoms with Crippen LogP contribution in [0.2, 0.25) is 0 Å². The minimum atomic E-state index is -0.450. The van der Waals surface area contributed by atoms with Crippen LogP contribution in [0.25, 0.3) is 0 Å². The molecule has 2 rings (SSSR count). The zero-order chi connectivity index (χ0) is 19.1. The summed E-state index contributed by atoms with van der Waals surface area (Å²) >= 11 is 0. The van der Waals surface area contributed by atoms with Gasteiger partial charge in [-0.15, -0.1) is 0 Å². The van der Waals surface area contributed by atoms with Crippen molar-refractivity contribution in [3.05, 3.63) is 64.2 Å². The highest BCUT2D eigenvalue weighted by atomic mass is 16.6. The van der Waals surface area contributed by atoms with Crippen LogP contribution in [-0.4, -0.2) is 42.1 Å². The number of nitrogens with one attached hydrogen (secondary N) is 1. The van der Waals surface area contributed by atoms with Crippen LogP contribution in [0.15, 0.2) is 53.6 Å². The van der Waals surface area contributed by atoms with Crippen LogP contribution in [0, 0.1) is 10.1 Å². The number of benzene rings is 2. The molecule has 1 N–H and O–H groups in total. The fourth-order valence-corrected chi connectivity index (χ4v) is 1.94. The van der Waals surface area contributed by atoms with Gasteiger partial charge in [0.2, 0.25) is 0 Å². The Bertz CT molecular complexity index is 799. The molecule has 0 heterocycles. The largest absolute Gasteiger partial charge is 0.484 e. The Morgan fingerprint density at radius 2 is 1.77 bits per heavy atom. The number of hydrogen-bond donors (Lipinski definition) is 1. The highest BCUT2D eigenvalue weighted by Gasteiger charge is 2.06. The van der Waals surface area contributed by atoms with Crippen molar-refractivity contribution in [1.82, 2.24) is 4.90 Å². The lowest BCUT2D eigenvalue weighted by Crippen LogP contribution is -2.27. The van der Waals surface area contributed by atoms with Crippen molar-refractivity contribution < 1.29 is 14.5 Å². The monoisotopic (exact) mass is 356 g/mol. The van der Waals surface area contributed by atoms with Crippen molar-refractivity contribution in [1.29, 1.82) is 0 Å². The molecular weight excluding hydrogens is 336 g/mol. The molecule has 8 nitrogen and oxygen atoms in total. The molecule has 0 spiro atoms. The lowest BCUT2D eigenvalue weighted by atomic mass is 10.1. The zero-order valence-electron chi connectivity index (χ0n) is 14.8. The van der Waals surface area contributed by atoms with E-state index in [0.717, 1.165) is 11.3 Å². The first kappa shape index (κ1) is 18.9. The van der Waals surface area contributed by atoms with Crippen LogP contribution in [0.1, 0.15) is 12.5 Å². The Hall–Kier alpha value is -3.42. The van der Waals surface area contributed by atoms with E-state index in [4.69, 9.17) is 4.74 Å². The molecule has 0 aliphatic carbocycles. The first-order valence-electron chi connectivity index (χ1n) is 7.85. The minimum Gasteiger partial charge on any atom is -0.484 e. The van der Waals surface area contributed by atoms with Gasteiger partial charge in [0.15, 0.2) is 6.61 Å². The van der Waals surface area contributed by atoms with Crippen molar-refractivity contribution in [2.75, 3.05) is 26.1 Å². The van der Waals surface area contributed by atoms with E-state index in [-0.39, 0.29) is 18.2 Å². The summed E-state index contributed by atoms with van der Waals surface area (Å²) in [5.74, 6) is 0.485. The fourth-order valence-electron chi connectivity index (χ4n) is 1.94. The number of likely N-dealkylation sites (N-methyl/N-ethyl adjacent to an activating group) is 1. The van der Waals surface area contributed by atoms with Gasteiger partial charge in [0.25, 0.3) is 11.6 Å². The number of nitro benzene ring substituents is 1. The third-order valence-corrected chi connectivity index (χ3v) is 3.56. The molecule has 1 amide bonds. The van der Waals surface area contributed by atoms with Crippen molar-refractivity contribution in [2.45, 2.75) is 6.92 Å². The van der Waals surface area contributed by atoms with E-state index in [2.05, 4.69) is 10.5 Å². The Kier molecular flexibility index (Phi) is 6.26. The first-order valence-corrected chi connectivity index (χ1v) is 7.85. The molecule has 136 valence electrons. The molecule has 0 aliphatic rings. The Balaban J connectivity index is 1.96. The van der Waals surface area contributed by atoms with E-state index in [9.17, 15) is 14.9 Å². The van der Waals surface area contributed by atoms with Crippen LogP contribution in [0.4, 0.5) is 11.4 Å². The summed E-state index contributed by atoms with van der Waals surface area (Å²) in [7, 11) is 3.35. The normalized spacial score (nSPS) is 11.0. The van der Waals surface area contributed by atoms with E-state index in [1.54, 1.807) is 38.4 Å². The smallest absolute Gasteiger partial charge is 0.269 e. The van der Waals surface area contributed by atoms with E-state index < -0.39 is 4.92 Å². The summed E-state index contributed by atoms with van der Waals surface area (Å²) in [4.78, 5) is 23.2. The number of carbonyl (C=O) groups excluding carboxylic acids is 1. The summed E-state index contributed by atoms with van der Waals surface area (Å²) in [6.07, 6.45) is 0. The standard InChI is InChI=1S/C18H20N4O4/c1-13(19-20-15-6-8-16(9-7-15)22(24)25)14-4-10-17(11-5-14)26-12-18(23)21(2)3/h4-11,20H,12H2,1-3H3/b19-13+. The molecule has 0 saturated carbocycles. The van der Waals surface area contributed by atoms with Crippen molar-refractivity contribution in [2.24, 2.45) is 5.10 Å². The van der Waals surface area contributed by atoms with Gasteiger partial charge in [-0.2, -0.15) is 5.10 Å². The van der Waals surface area contributed by atoms with Crippen molar-refractivity contribution in [3.8, 4) is 5.75 Å². The van der Waals surface area contributed by atoms with Gasteiger partial charge in [-0.25, -0.2) is 0 Å². The molecule has 0 unspecified atom stereocenters. The molecule has 0 saturated heterocycles. The van der Waals surface area contributed by atoms with E-state index in [0.29, 0.717) is 11.4 Å². The van der Waals surface area contributed by atoms with E-state index in [1.807, 2.05) is 19.1 Å². The number of carbonyl (C=O) groups is 1. The second-order valence-electron chi connectivity index (χ2n) is 5.71. The summed E-state index contributed by atoms with van der Waals surface area (Å²) < 4.78 is 5.42. The molecule has 2 aromatic rings. The minimum absolute atomic E-state index is 0.0128. The molecule has 0 aromatic heterocycles. The molecule has 0 bridgehead atoms. The van der Waals surface area contributed by atoms with Crippen molar-refractivity contribution >= 4 is 23.0 Å². The molecule has 26 heavy (non-hydrogen) atoms. The third-order valence-electron chi connectivity index (χ3n) is 3.56. The summed E-state index contributed by atoms with van der Waals surface area (Å²) in [6.45, 7) is 1.82. The molecule has 0 fully saturated rings. The van der Waals surface area contributed by atoms with Crippen LogP contribution < -0.4 is 10.2 Å². The second kappa shape index (κ2) is 8.61. The van der Waals surface area contributed by atoms with Crippen LogP contribution in [0.5, 0.6) is 5.75 Å². The topological polar surface area (TPSA) is 97.1 Å². The van der Waals surface area contributed by atoms with Gasteiger partial charge in [-0.3, -0.25) is 20.3 Å². The predicted molar refractivity (Wildman–Crippen MR) is 99.6 cm³/mol. The molecule has 2 aromatic carbocycles. The van der Waals surface area contributed by atoms with Crippen molar-refractivity contribution in [3.63, 3.8) is 0 Å². The van der Waals surface area contributed by atoms with E-state index in [1.165, 1.54) is 17.0 Å². The Morgan fingerprint density at radius 3 is 2.31 bits per heavy atom. The van der Waals surface area contributed by atoms with Crippen LogP contribution >= 0.6 is 0 Å². The highest BCUT2D eigenvalue weighted by Crippen LogP contribution is 2.16. The van der Waals surface area contributed by atoms with Crippen LogP contribution in [-0.2, 0) is 4.79 Å². The maximum absolute atomic E-state index is 11.5. The number of nitro groups is 1. The maximum atomic E-state index is 11.5. The number of non-ortho nitro benzene ring substituents is 1. The predicted octanol–water partition coefficient (Wildman–Crippen LogP) is 2.90. The lowest BCUT2D eigenvalue weighted by Gasteiger charge is -2.11. The van der Waals surface area contributed by atoms with Gasteiger partial charge in [0.05, 0.1) is 16.3 Å². The number of amides is 1. The molecule has 0 radical (unpaired) electrons. The molecule has 0 aliphatic heterocycles. The highest BCUT2D eigenvalue weighted by molar-refractivity contribution is 5.99. The Morgan fingerprint density at radius 1 is 1.15 bits per heavy atom. The summed E-state index contributed by atoms with van der Waals surface area (Å²) in [6, 6.07) is 13.2. The van der Waals surface area contributed by atoms with Gasteiger partial charge in [-0.05, 0) is 48.9 Å². The average Bonchev–Trinajstić information content (AvgIpc) is 2.64. The summed E-state index contributed by atoms with van der Waals surface area (Å²) in [5.41, 5.74) is 5.15. The SMILES string of the molecule is C/C(=N\Nc1ccc([N+](=O)[O-])cc1)c1ccc(OCC(=O)N(C)C)cc1. The lowest BCUT2D eigenvalue weighted by molar-refractivity contribution is -0.384. The number of rotatable bonds is 7. The summed E-state index contributed by atoms with van der Waals surface area (Å²) in [5, 5.41) is 14.9. The molecular formula is C18H20N4O4. The van der Waals surface area contributed by atoms with Gasteiger partial charge in [0, 0.05) is 26.2 Å². The van der Waals surface area contributed by atoms with E-state index >= 15 is 0 Å². The van der Waals surface area contributed by atoms with Gasteiger partial charge < -0.3 is 9.64 Å². The molecule has 8 heteroatoms. The number of anilines is 1. The first-order chi connectivity index (χ1) is 12.4. The fraction of sp³-hybridized carbons (Fsp3) is 0.222. The maximum Gasteiger partial charge on any atom is 0.269 e. The molecule has 0 atom stereocenters. The van der Waals surface area contributed by atoms with Gasteiger partial charge in [-0.1, -0.05) is 0 Å². The van der Waals surface area contributed by atoms with Crippen LogP contribution in [0.3, 0.4) is 0 Å².